The zero-order chi connectivity index (χ0) is 7.61. The summed E-state index contributed by atoms with van der Waals surface area (Å²) in [7, 11) is -3.52. The van der Waals surface area contributed by atoms with Crippen molar-refractivity contribution in [1.29, 1.82) is 0 Å². The molecule has 1 aromatic rings. The Kier molecular flexibility index (Phi) is 2.45. The van der Waals surface area contributed by atoms with Crippen LogP contribution >= 0.6 is 27.6 Å². The molecular weight excluding hydrogens is 240 g/mol. The molecular formula is C4H3BrO3S2. The highest BCUT2D eigenvalue weighted by atomic mass is 79.9. The molecule has 0 unspecified atom stereocenters. The molecule has 56 valence electrons. The van der Waals surface area contributed by atoms with E-state index in [1.165, 1.54) is 6.07 Å². The van der Waals surface area contributed by atoms with Gasteiger partial charge in [0, 0.05) is 0 Å². The largest absolute Gasteiger partial charge is 0.317 e. The lowest BCUT2D eigenvalue weighted by molar-refractivity contribution is 0.529. The van der Waals surface area contributed by atoms with Crippen LogP contribution in [0, 0.1) is 0 Å². The van der Waals surface area contributed by atoms with E-state index in [0.29, 0.717) is 0 Å². The molecule has 0 amide bonds. The van der Waals surface area contributed by atoms with Crippen molar-refractivity contribution in [2.75, 3.05) is 0 Å². The van der Waals surface area contributed by atoms with Crippen molar-refractivity contribution in [2.24, 2.45) is 0 Å². The van der Waals surface area contributed by atoms with Gasteiger partial charge in [-0.3, -0.25) is 0 Å². The topological polar surface area (TPSA) is 43.4 Å². The first-order valence-corrected chi connectivity index (χ1v) is 5.19. The Morgan fingerprint density at radius 1 is 1.60 bits per heavy atom. The molecule has 10 heavy (non-hydrogen) atoms. The third-order valence-electron chi connectivity index (χ3n) is 0.824. The molecule has 0 aliphatic heterocycles. The molecule has 3 nitrogen and oxygen atoms in total. The van der Waals surface area contributed by atoms with Crippen LogP contribution in [0.2, 0.25) is 0 Å². The number of rotatable bonds is 2. The lowest BCUT2D eigenvalue weighted by Crippen LogP contribution is -1.95. The molecule has 0 saturated heterocycles. The summed E-state index contributed by atoms with van der Waals surface area (Å²) in [5.74, 6) is 0. The van der Waals surface area contributed by atoms with Crippen LogP contribution in [0.1, 0.15) is 0 Å². The summed E-state index contributed by atoms with van der Waals surface area (Å²) in [4.78, 5) is 0. The Bertz CT molecular complexity index is 288. The molecule has 0 aliphatic rings. The molecule has 1 rings (SSSR count). The maximum absolute atomic E-state index is 10.8. The zero-order valence-electron chi connectivity index (χ0n) is 4.65. The van der Waals surface area contributed by atoms with Crippen LogP contribution in [-0.2, 0) is 13.4 Å². The maximum Gasteiger partial charge on any atom is 0.317 e. The van der Waals surface area contributed by atoms with Gasteiger partial charge < -0.3 is 0 Å². The molecule has 0 aliphatic carbocycles. The van der Waals surface area contributed by atoms with Gasteiger partial charge in [0.05, 0.1) is 0 Å². The molecule has 0 saturated carbocycles. The van der Waals surface area contributed by atoms with Gasteiger partial charge in [-0.25, -0.2) is 0 Å². The van der Waals surface area contributed by atoms with Gasteiger partial charge in [0.15, 0.2) is 0 Å². The molecule has 0 fully saturated rings. The average molecular weight is 243 g/mol. The number of halogens is 1. The molecule has 6 heteroatoms. The van der Waals surface area contributed by atoms with Crippen molar-refractivity contribution >= 4 is 37.7 Å². The quantitative estimate of drug-likeness (QED) is 0.794. The average Bonchev–Trinajstić information content (AvgIpc) is 2.38. The first-order chi connectivity index (χ1) is 4.67. The second-order valence-electron chi connectivity index (χ2n) is 1.45. The van der Waals surface area contributed by atoms with Gasteiger partial charge in [-0.1, -0.05) is 6.07 Å². The second-order valence-corrected chi connectivity index (χ2v) is 4.92. The van der Waals surface area contributed by atoms with E-state index in [1.807, 2.05) is 0 Å². The van der Waals surface area contributed by atoms with E-state index in [0.717, 1.165) is 11.3 Å². The van der Waals surface area contributed by atoms with Crippen LogP contribution < -0.4 is 0 Å². The fourth-order valence-corrected chi connectivity index (χ4v) is 2.62. The van der Waals surface area contributed by atoms with Gasteiger partial charge >= 0.3 is 10.1 Å². The van der Waals surface area contributed by atoms with Crippen LogP contribution in [0.15, 0.2) is 21.7 Å². The molecule has 1 aromatic heterocycles. The Morgan fingerprint density at radius 2 is 2.30 bits per heavy atom. The number of thiophene rings is 1. The molecule has 0 atom stereocenters. The monoisotopic (exact) mass is 242 g/mol. The smallest absolute Gasteiger partial charge is 0.192 e. The highest BCUT2D eigenvalue weighted by molar-refractivity contribution is 9.06. The Labute approximate surface area is 71.2 Å². The van der Waals surface area contributed by atoms with Gasteiger partial charge in [0.2, 0.25) is 0 Å². The van der Waals surface area contributed by atoms with Crippen molar-refractivity contribution < 1.29 is 11.7 Å². The normalized spacial score (nSPS) is 11.7. The van der Waals surface area contributed by atoms with Crippen LogP contribution in [0.25, 0.3) is 0 Å². The standard InChI is InChI=1S/C4H3BrO3S2/c5-8-10(6,7)4-2-1-3-9-4/h1-3H. The highest BCUT2D eigenvalue weighted by Gasteiger charge is 2.13. The molecule has 0 spiro atoms. The van der Waals surface area contributed by atoms with E-state index in [4.69, 9.17) is 0 Å². The first-order valence-electron chi connectivity index (χ1n) is 2.25. The lowest BCUT2D eigenvalue weighted by atomic mass is 10.7. The predicted octanol–water partition coefficient (Wildman–Crippen LogP) is 1.76. The lowest BCUT2D eigenvalue weighted by Gasteiger charge is -1.91. The van der Waals surface area contributed by atoms with Crippen LogP contribution in [-0.4, -0.2) is 8.42 Å². The molecule has 0 radical (unpaired) electrons. The van der Waals surface area contributed by atoms with E-state index in [2.05, 4.69) is 19.5 Å². The molecule has 0 N–H and O–H groups in total. The van der Waals surface area contributed by atoms with Crippen molar-refractivity contribution in [2.45, 2.75) is 4.21 Å². The van der Waals surface area contributed by atoms with Gasteiger partial charge in [0.25, 0.3) is 0 Å². The number of hydrogen-bond acceptors (Lipinski definition) is 4. The molecule has 1 heterocycles. The molecule has 0 aromatic carbocycles. The van der Waals surface area contributed by atoms with Crippen molar-refractivity contribution in [3.63, 3.8) is 0 Å². The van der Waals surface area contributed by atoms with E-state index in [1.54, 1.807) is 11.4 Å². The van der Waals surface area contributed by atoms with Crippen molar-refractivity contribution in [3.05, 3.63) is 17.5 Å². The summed E-state index contributed by atoms with van der Waals surface area (Å²) < 4.78 is 25.9. The Balaban J connectivity index is 3.09. The van der Waals surface area contributed by atoms with Crippen LogP contribution in [0.5, 0.6) is 0 Å². The van der Waals surface area contributed by atoms with Gasteiger partial charge in [0.1, 0.15) is 20.5 Å². The predicted molar refractivity (Wildman–Crippen MR) is 41.5 cm³/mol. The summed E-state index contributed by atoms with van der Waals surface area (Å²) in [5.41, 5.74) is 0. The third-order valence-corrected chi connectivity index (χ3v) is 4.23. The van der Waals surface area contributed by atoms with Crippen LogP contribution in [0.3, 0.4) is 0 Å². The minimum atomic E-state index is -3.52. The van der Waals surface area contributed by atoms with E-state index >= 15 is 0 Å². The summed E-state index contributed by atoms with van der Waals surface area (Å²) >= 11 is 3.52. The van der Waals surface area contributed by atoms with Gasteiger partial charge in [-0.2, -0.15) is 11.7 Å². The van der Waals surface area contributed by atoms with Gasteiger partial charge in [-0.15, -0.1) is 11.3 Å². The van der Waals surface area contributed by atoms with E-state index in [9.17, 15) is 8.42 Å². The SMILES string of the molecule is O=S(=O)(OBr)c1cccs1. The summed E-state index contributed by atoms with van der Waals surface area (Å²) in [5, 5.41) is 1.67. The summed E-state index contributed by atoms with van der Waals surface area (Å²) in [6, 6.07) is 3.12. The highest BCUT2D eigenvalue weighted by Crippen LogP contribution is 2.19. The van der Waals surface area contributed by atoms with E-state index < -0.39 is 10.1 Å². The molecule has 0 bridgehead atoms. The van der Waals surface area contributed by atoms with Gasteiger partial charge in [-0.05, 0) is 11.4 Å². The van der Waals surface area contributed by atoms with Crippen LogP contribution in [0.4, 0.5) is 0 Å². The maximum atomic E-state index is 10.8. The Hall–Kier alpha value is 0.0900. The fourth-order valence-electron chi connectivity index (χ4n) is 0.437. The number of hydrogen-bond donors (Lipinski definition) is 0. The second kappa shape index (κ2) is 3.00. The fraction of sp³-hybridized carbons (Fsp3) is 0. The van der Waals surface area contributed by atoms with Crippen molar-refractivity contribution in [1.82, 2.24) is 0 Å². The Morgan fingerprint density at radius 3 is 2.70 bits per heavy atom. The summed E-state index contributed by atoms with van der Waals surface area (Å²) in [6.07, 6.45) is 0. The first kappa shape index (κ1) is 8.19. The zero-order valence-corrected chi connectivity index (χ0v) is 7.87. The third kappa shape index (κ3) is 1.57. The van der Waals surface area contributed by atoms with E-state index in [-0.39, 0.29) is 4.21 Å². The summed E-state index contributed by atoms with van der Waals surface area (Å²) in [6.45, 7) is 0. The van der Waals surface area contributed by atoms with Crippen molar-refractivity contribution in [3.8, 4) is 0 Å². The minimum absolute atomic E-state index is 0.198. The minimum Gasteiger partial charge on any atom is -0.192 e.